The van der Waals surface area contributed by atoms with Crippen LogP contribution in [0.15, 0.2) is 54.6 Å². The maximum absolute atomic E-state index is 12.4. The summed E-state index contributed by atoms with van der Waals surface area (Å²) in [6.07, 6.45) is 0. The number of nitrogens with one attached hydrogen (secondary N) is 1. The average molecular weight is 432 g/mol. The number of nitrogens with zero attached hydrogens (tertiary/aromatic N) is 1. The third-order valence-corrected chi connectivity index (χ3v) is 6.19. The highest BCUT2D eigenvalue weighted by atomic mass is 32.2. The molecular weight excluding hydrogens is 408 g/mol. The van der Waals surface area contributed by atoms with Crippen molar-refractivity contribution in [2.75, 3.05) is 31.2 Å². The lowest BCUT2D eigenvalue weighted by molar-refractivity contribution is -0.136. The van der Waals surface area contributed by atoms with E-state index in [-0.39, 0.29) is 37.1 Å². The van der Waals surface area contributed by atoms with E-state index in [1.165, 1.54) is 4.90 Å². The quantitative estimate of drug-likeness (QED) is 0.713. The first-order chi connectivity index (χ1) is 14.3. The van der Waals surface area contributed by atoms with Crippen LogP contribution < -0.4 is 14.8 Å². The van der Waals surface area contributed by atoms with Crippen LogP contribution in [0.1, 0.15) is 6.92 Å². The van der Waals surface area contributed by atoms with Crippen molar-refractivity contribution in [2.24, 2.45) is 0 Å². The first kappa shape index (κ1) is 21.6. The Morgan fingerprint density at radius 1 is 0.967 bits per heavy atom. The summed E-state index contributed by atoms with van der Waals surface area (Å²) in [6, 6.07) is 15.4. The Morgan fingerprint density at radius 2 is 1.53 bits per heavy atom. The number of ether oxygens (including phenoxy) is 2. The summed E-state index contributed by atoms with van der Waals surface area (Å²) < 4.78 is 34.1. The number of benzene rings is 2. The molecule has 0 spiro atoms. The molecule has 1 atom stereocenters. The van der Waals surface area contributed by atoms with Gasteiger partial charge in [0.05, 0.1) is 11.5 Å². The van der Waals surface area contributed by atoms with Crippen LogP contribution in [0, 0.1) is 0 Å². The lowest BCUT2D eigenvalue weighted by atomic mass is 10.2. The number of para-hydroxylation sites is 1. The molecule has 1 saturated heterocycles. The minimum absolute atomic E-state index is 0.0491. The van der Waals surface area contributed by atoms with E-state index in [1.807, 2.05) is 30.3 Å². The molecule has 2 aromatic carbocycles. The Bertz CT molecular complexity index is 962. The molecule has 9 heteroatoms. The normalized spacial score (nSPS) is 16.4. The summed E-state index contributed by atoms with van der Waals surface area (Å²) in [7, 11) is -3.07. The Balaban J connectivity index is 1.43. The van der Waals surface area contributed by atoms with Crippen LogP contribution in [0.5, 0.6) is 17.2 Å². The standard InChI is InChI=1S/C21H24N2O6S/c1-16(21(25)23-11-13-30(26,27)14-12-23)22-20(24)15-28-17-7-9-19(10-8-17)29-18-5-3-2-4-6-18/h2-10,16H,11-15H2,1H3,(H,22,24). The third-order valence-electron chi connectivity index (χ3n) is 4.58. The Morgan fingerprint density at radius 3 is 2.17 bits per heavy atom. The van der Waals surface area contributed by atoms with Gasteiger partial charge in [0.1, 0.15) is 23.3 Å². The number of carbonyl (C=O) groups excluding carboxylic acids is 2. The van der Waals surface area contributed by atoms with E-state index in [0.717, 1.165) is 5.75 Å². The second-order valence-corrected chi connectivity index (χ2v) is 9.25. The fraction of sp³-hybridized carbons (Fsp3) is 0.333. The fourth-order valence-corrected chi connectivity index (χ4v) is 4.13. The maximum Gasteiger partial charge on any atom is 0.258 e. The third kappa shape index (κ3) is 6.21. The van der Waals surface area contributed by atoms with Gasteiger partial charge in [-0.25, -0.2) is 8.42 Å². The van der Waals surface area contributed by atoms with Crippen LogP contribution in [0.3, 0.4) is 0 Å². The van der Waals surface area contributed by atoms with E-state index in [4.69, 9.17) is 9.47 Å². The number of hydrogen-bond acceptors (Lipinski definition) is 6. The highest BCUT2D eigenvalue weighted by molar-refractivity contribution is 7.91. The fourth-order valence-electron chi connectivity index (χ4n) is 2.93. The summed E-state index contributed by atoms with van der Waals surface area (Å²) in [5.41, 5.74) is 0. The van der Waals surface area contributed by atoms with Gasteiger partial charge in [-0.05, 0) is 43.3 Å². The Hall–Kier alpha value is -3.07. The molecule has 0 aromatic heterocycles. The highest BCUT2D eigenvalue weighted by Gasteiger charge is 2.28. The first-order valence-corrected chi connectivity index (χ1v) is 11.4. The number of rotatable bonds is 7. The second kappa shape index (κ2) is 9.62. The van der Waals surface area contributed by atoms with Crippen LogP contribution in [-0.4, -0.2) is 62.4 Å². The molecule has 0 saturated carbocycles. The van der Waals surface area contributed by atoms with Crippen LogP contribution in [0.2, 0.25) is 0 Å². The van der Waals surface area contributed by atoms with Gasteiger partial charge in [-0.3, -0.25) is 9.59 Å². The number of hydrogen-bond donors (Lipinski definition) is 1. The van der Waals surface area contributed by atoms with Crippen molar-refractivity contribution in [3.05, 3.63) is 54.6 Å². The highest BCUT2D eigenvalue weighted by Crippen LogP contribution is 2.23. The minimum atomic E-state index is -3.07. The number of amides is 2. The summed E-state index contributed by atoms with van der Waals surface area (Å²) in [4.78, 5) is 25.9. The SMILES string of the molecule is CC(NC(=O)COc1ccc(Oc2ccccc2)cc1)C(=O)N1CCS(=O)(=O)CC1. The zero-order valence-corrected chi connectivity index (χ0v) is 17.4. The molecule has 160 valence electrons. The molecular formula is C21H24N2O6S. The molecule has 1 heterocycles. The summed E-state index contributed by atoms with van der Waals surface area (Å²) in [6.45, 7) is 1.62. The molecule has 30 heavy (non-hydrogen) atoms. The van der Waals surface area contributed by atoms with Gasteiger partial charge < -0.3 is 19.7 Å². The van der Waals surface area contributed by atoms with Gasteiger partial charge in [0.2, 0.25) is 5.91 Å². The van der Waals surface area contributed by atoms with Crippen LogP contribution in [0.4, 0.5) is 0 Å². The predicted octanol–water partition coefficient (Wildman–Crippen LogP) is 1.62. The van der Waals surface area contributed by atoms with Gasteiger partial charge in [-0.15, -0.1) is 0 Å². The summed E-state index contributed by atoms with van der Waals surface area (Å²) >= 11 is 0. The molecule has 0 aliphatic carbocycles. The minimum Gasteiger partial charge on any atom is -0.484 e. The lowest BCUT2D eigenvalue weighted by Gasteiger charge is -2.29. The molecule has 8 nitrogen and oxygen atoms in total. The maximum atomic E-state index is 12.4. The average Bonchev–Trinajstić information content (AvgIpc) is 2.73. The van der Waals surface area contributed by atoms with Gasteiger partial charge in [-0.1, -0.05) is 18.2 Å². The van der Waals surface area contributed by atoms with E-state index >= 15 is 0 Å². The van der Waals surface area contributed by atoms with Crippen LogP contribution >= 0.6 is 0 Å². The van der Waals surface area contributed by atoms with E-state index in [1.54, 1.807) is 31.2 Å². The Labute approximate surface area is 175 Å². The van der Waals surface area contributed by atoms with Crippen LogP contribution in [-0.2, 0) is 19.4 Å². The van der Waals surface area contributed by atoms with Gasteiger partial charge in [0.25, 0.3) is 5.91 Å². The van der Waals surface area contributed by atoms with Crippen molar-refractivity contribution < 1.29 is 27.5 Å². The predicted molar refractivity (Wildman–Crippen MR) is 111 cm³/mol. The van der Waals surface area contributed by atoms with Crippen molar-refractivity contribution in [3.8, 4) is 17.2 Å². The van der Waals surface area contributed by atoms with Crippen molar-refractivity contribution in [1.82, 2.24) is 10.2 Å². The molecule has 2 amide bonds. The summed E-state index contributed by atoms with van der Waals surface area (Å²) in [5.74, 6) is 1.01. The van der Waals surface area contributed by atoms with E-state index in [9.17, 15) is 18.0 Å². The number of carbonyl (C=O) groups is 2. The summed E-state index contributed by atoms with van der Waals surface area (Å²) in [5, 5.41) is 2.58. The van der Waals surface area contributed by atoms with E-state index in [0.29, 0.717) is 11.5 Å². The smallest absolute Gasteiger partial charge is 0.258 e. The van der Waals surface area contributed by atoms with Crippen molar-refractivity contribution in [1.29, 1.82) is 0 Å². The van der Waals surface area contributed by atoms with Crippen molar-refractivity contribution >= 4 is 21.7 Å². The van der Waals surface area contributed by atoms with Gasteiger partial charge in [0, 0.05) is 13.1 Å². The van der Waals surface area contributed by atoms with Gasteiger partial charge >= 0.3 is 0 Å². The molecule has 3 rings (SSSR count). The molecule has 1 aliphatic heterocycles. The van der Waals surface area contributed by atoms with E-state index in [2.05, 4.69) is 5.32 Å². The molecule has 1 N–H and O–H groups in total. The van der Waals surface area contributed by atoms with E-state index < -0.39 is 21.8 Å². The molecule has 1 fully saturated rings. The molecule has 0 bridgehead atoms. The largest absolute Gasteiger partial charge is 0.484 e. The topological polar surface area (TPSA) is 102 Å². The molecule has 0 radical (unpaired) electrons. The molecule has 1 unspecified atom stereocenters. The zero-order valence-electron chi connectivity index (χ0n) is 16.6. The first-order valence-electron chi connectivity index (χ1n) is 9.57. The monoisotopic (exact) mass is 432 g/mol. The van der Waals surface area contributed by atoms with Crippen molar-refractivity contribution in [2.45, 2.75) is 13.0 Å². The Kier molecular flexibility index (Phi) is 6.94. The van der Waals surface area contributed by atoms with Crippen LogP contribution in [0.25, 0.3) is 0 Å². The molecule has 1 aliphatic rings. The van der Waals surface area contributed by atoms with Crippen molar-refractivity contribution in [3.63, 3.8) is 0 Å². The number of sulfone groups is 1. The lowest BCUT2D eigenvalue weighted by Crippen LogP contribution is -2.52. The second-order valence-electron chi connectivity index (χ2n) is 6.94. The zero-order chi connectivity index (χ0) is 21.6. The molecule has 2 aromatic rings. The van der Waals surface area contributed by atoms with Gasteiger partial charge in [0.15, 0.2) is 16.4 Å². The van der Waals surface area contributed by atoms with Gasteiger partial charge in [-0.2, -0.15) is 0 Å².